The van der Waals surface area contributed by atoms with Gasteiger partial charge in [0.1, 0.15) is 0 Å². The van der Waals surface area contributed by atoms with Crippen molar-refractivity contribution >= 4 is 21.4 Å². The summed E-state index contributed by atoms with van der Waals surface area (Å²) in [6.45, 7) is 9.52. The van der Waals surface area contributed by atoms with E-state index in [0.717, 1.165) is 6.04 Å². The quantitative estimate of drug-likeness (QED) is 0.694. The molecule has 0 aromatic rings. The van der Waals surface area contributed by atoms with Gasteiger partial charge in [-0.1, -0.05) is 0 Å². The first-order valence-corrected chi connectivity index (χ1v) is 14.7. The van der Waals surface area contributed by atoms with Crippen LogP contribution in [0.25, 0.3) is 0 Å². The van der Waals surface area contributed by atoms with Gasteiger partial charge < -0.3 is 0 Å². The Hall–Kier alpha value is 0.830. The fourth-order valence-corrected chi connectivity index (χ4v) is 4.47. The first-order valence-electron chi connectivity index (χ1n) is 5.82. The molecular weight excluding hydrogens is 261 g/mol. The van der Waals surface area contributed by atoms with Crippen LogP contribution in [0.4, 0.5) is 0 Å². The molecule has 0 saturated carbocycles. The molecule has 0 fully saturated rings. The summed E-state index contributed by atoms with van der Waals surface area (Å²) in [6, 6.07) is 0.738. The van der Waals surface area contributed by atoms with Crippen molar-refractivity contribution in [2.45, 2.75) is 53.2 Å². The molecule has 78 valence electrons. The van der Waals surface area contributed by atoms with Crippen LogP contribution in [0.3, 0.4) is 0 Å². The molecule has 0 spiro atoms. The van der Waals surface area contributed by atoms with Gasteiger partial charge in [0.25, 0.3) is 0 Å². The number of nitrogens with zero attached hydrogens (tertiary/aromatic N) is 1. The SMILES string of the molecule is CCCN(CC[CH2][In]([CH3])[CH3])C(C)C. The molecule has 1 nitrogen and oxygen atoms in total. The van der Waals surface area contributed by atoms with Crippen molar-refractivity contribution in [3.8, 4) is 0 Å². The first kappa shape index (κ1) is 13.8. The van der Waals surface area contributed by atoms with Crippen molar-refractivity contribution in [1.82, 2.24) is 4.90 Å². The van der Waals surface area contributed by atoms with Gasteiger partial charge in [-0.05, 0) is 0 Å². The Morgan fingerprint density at radius 3 is 2.15 bits per heavy atom. The molecule has 0 rings (SSSR count). The second-order valence-electron chi connectivity index (χ2n) is 4.67. The first-order chi connectivity index (χ1) is 6.07. The Bertz CT molecular complexity index is 113. The Balaban J connectivity index is 3.57. The maximum absolute atomic E-state index is 2.62. The van der Waals surface area contributed by atoms with Gasteiger partial charge in [0.2, 0.25) is 0 Å². The van der Waals surface area contributed by atoms with Gasteiger partial charge in [-0.2, -0.15) is 0 Å². The van der Waals surface area contributed by atoms with Crippen LogP contribution in [0.2, 0.25) is 13.5 Å². The molecule has 0 bridgehead atoms. The van der Waals surface area contributed by atoms with Crippen molar-refractivity contribution in [2.24, 2.45) is 0 Å². The average Bonchev–Trinajstić information content (AvgIpc) is 2.02. The van der Waals surface area contributed by atoms with Crippen LogP contribution in [0.5, 0.6) is 0 Å². The van der Waals surface area contributed by atoms with E-state index in [1.165, 1.54) is 25.9 Å². The minimum absolute atomic E-state index is 0.738. The van der Waals surface area contributed by atoms with Crippen molar-refractivity contribution in [3.63, 3.8) is 0 Å². The third kappa shape index (κ3) is 7.87. The standard InChI is InChI=1S/C9H20N.2CH3.In/c1-5-7-10(8-6-2)9(3)4;;;/h9H,1,5-8H2,2-4H3;2*1H3;. The molecule has 0 heterocycles. The fourth-order valence-electron chi connectivity index (χ4n) is 1.62. The van der Waals surface area contributed by atoms with E-state index in [1.807, 2.05) is 0 Å². The summed E-state index contributed by atoms with van der Waals surface area (Å²) in [5, 5.41) is 0. The number of hydrogen-bond donors (Lipinski definition) is 0. The normalized spacial score (nSPS) is 11.3. The topological polar surface area (TPSA) is 3.24 Å². The summed E-state index contributed by atoms with van der Waals surface area (Å²) in [7, 11) is 0. The molecule has 0 aromatic heterocycles. The summed E-state index contributed by atoms with van der Waals surface area (Å²) in [6.07, 6.45) is 2.75. The van der Waals surface area contributed by atoms with Gasteiger partial charge in [-0.15, -0.1) is 0 Å². The second-order valence-corrected chi connectivity index (χ2v) is 14.3. The molecular formula is C11H26InN. The molecule has 0 aromatic carbocycles. The van der Waals surface area contributed by atoms with E-state index in [-0.39, 0.29) is 0 Å². The molecule has 0 N–H and O–H groups in total. The van der Waals surface area contributed by atoms with E-state index in [0.29, 0.717) is 0 Å². The Labute approximate surface area is 92.4 Å². The zero-order valence-electron chi connectivity index (χ0n) is 10.1. The van der Waals surface area contributed by atoms with Crippen LogP contribution in [0.15, 0.2) is 0 Å². The maximum atomic E-state index is 2.62. The molecule has 0 atom stereocenters. The summed E-state index contributed by atoms with van der Waals surface area (Å²) >= 11 is -0.904. The van der Waals surface area contributed by atoms with Gasteiger partial charge in [0, 0.05) is 0 Å². The van der Waals surface area contributed by atoms with Gasteiger partial charge in [0.15, 0.2) is 0 Å². The summed E-state index contributed by atoms with van der Waals surface area (Å²) in [5.41, 5.74) is 0. The van der Waals surface area contributed by atoms with E-state index in [2.05, 4.69) is 35.0 Å². The number of hydrogen-bond acceptors (Lipinski definition) is 1. The average molecular weight is 287 g/mol. The van der Waals surface area contributed by atoms with Crippen LogP contribution >= 0.6 is 0 Å². The van der Waals surface area contributed by atoms with Crippen molar-refractivity contribution < 1.29 is 0 Å². The molecule has 0 unspecified atom stereocenters. The Morgan fingerprint density at radius 2 is 1.77 bits per heavy atom. The second kappa shape index (κ2) is 8.16. The van der Waals surface area contributed by atoms with Crippen LogP contribution < -0.4 is 0 Å². The van der Waals surface area contributed by atoms with Crippen molar-refractivity contribution in [3.05, 3.63) is 0 Å². The van der Waals surface area contributed by atoms with E-state index in [4.69, 9.17) is 0 Å². The zero-order valence-corrected chi connectivity index (χ0v) is 13.4. The predicted octanol–water partition coefficient (Wildman–Crippen LogP) is 3.25. The van der Waals surface area contributed by atoms with Gasteiger partial charge >= 0.3 is 92.6 Å². The minimum atomic E-state index is -0.904. The Kier molecular flexibility index (Phi) is 8.69. The van der Waals surface area contributed by atoms with Gasteiger partial charge in [0.05, 0.1) is 0 Å². The van der Waals surface area contributed by atoms with Gasteiger partial charge in [-0.25, -0.2) is 0 Å². The number of rotatable bonds is 7. The van der Waals surface area contributed by atoms with Crippen molar-refractivity contribution in [1.29, 1.82) is 0 Å². The molecule has 0 aliphatic rings. The molecule has 0 radical (unpaired) electrons. The van der Waals surface area contributed by atoms with Crippen LogP contribution in [-0.2, 0) is 0 Å². The van der Waals surface area contributed by atoms with E-state index in [1.54, 1.807) is 4.18 Å². The third-order valence-electron chi connectivity index (χ3n) is 2.47. The Morgan fingerprint density at radius 1 is 1.15 bits per heavy atom. The molecule has 2 heteroatoms. The van der Waals surface area contributed by atoms with Crippen molar-refractivity contribution in [2.75, 3.05) is 13.1 Å². The molecule has 0 amide bonds. The third-order valence-corrected chi connectivity index (χ3v) is 6.93. The fraction of sp³-hybridized carbons (Fsp3) is 1.00. The van der Waals surface area contributed by atoms with Gasteiger partial charge in [-0.3, -0.25) is 0 Å². The summed E-state index contributed by atoms with van der Waals surface area (Å²) in [5.74, 6) is 0. The molecule has 0 aliphatic heterocycles. The zero-order chi connectivity index (χ0) is 10.3. The van der Waals surface area contributed by atoms with E-state index in [9.17, 15) is 0 Å². The van der Waals surface area contributed by atoms with E-state index >= 15 is 0 Å². The van der Waals surface area contributed by atoms with E-state index < -0.39 is 21.4 Å². The van der Waals surface area contributed by atoms with Crippen LogP contribution in [-0.4, -0.2) is 45.5 Å². The van der Waals surface area contributed by atoms with Crippen LogP contribution in [0.1, 0.15) is 33.6 Å². The molecule has 13 heavy (non-hydrogen) atoms. The summed E-state index contributed by atoms with van der Waals surface area (Å²) in [4.78, 5) is 2.62. The van der Waals surface area contributed by atoms with Crippen LogP contribution in [0, 0.1) is 0 Å². The molecule has 0 saturated heterocycles. The molecule has 0 aliphatic carbocycles. The predicted molar refractivity (Wildman–Crippen MR) is 63.9 cm³/mol. The monoisotopic (exact) mass is 287 g/mol. The summed E-state index contributed by atoms with van der Waals surface area (Å²) < 4.78 is 6.61.